The summed E-state index contributed by atoms with van der Waals surface area (Å²) < 4.78 is 2.79. The summed E-state index contributed by atoms with van der Waals surface area (Å²) in [5, 5.41) is 0. The highest BCUT2D eigenvalue weighted by Gasteiger charge is 2.15. The molecule has 0 radical (unpaired) electrons. The SMILES string of the molecule is CCn1c(=O)c2[nH]c(C)nc2n(CCN(C)C)c1=O. The van der Waals surface area contributed by atoms with E-state index in [9.17, 15) is 9.59 Å². The Labute approximate surface area is 110 Å². The van der Waals surface area contributed by atoms with Crippen LogP contribution in [0.4, 0.5) is 0 Å². The number of nitrogens with zero attached hydrogens (tertiary/aromatic N) is 4. The zero-order chi connectivity index (χ0) is 14.2. The molecule has 2 aromatic rings. The number of nitrogens with one attached hydrogen (secondary N) is 1. The molecule has 7 nitrogen and oxygen atoms in total. The van der Waals surface area contributed by atoms with Gasteiger partial charge in [-0.15, -0.1) is 0 Å². The van der Waals surface area contributed by atoms with Gasteiger partial charge in [0, 0.05) is 19.6 Å². The van der Waals surface area contributed by atoms with Crippen molar-refractivity contribution in [3.63, 3.8) is 0 Å². The number of aromatic amines is 1. The molecule has 104 valence electrons. The molecule has 0 atom stereocenters. The highest BCUT2D eigenvalue weighted by molar-refractivity contribution is 5.69. The third-order valence-electron chi connectivity index (χ3n) is 3.07. The van der Waals surface area contributed by atoms with E-state index in [-0.39, 0.29) is 11.2 Å². The number of likely N-dealkylation sites (N-methyl/N-ethyl adjacent to an activating group) is 1. The molecule has 7 heteroatoms. The van der Waals surface area contributed by atoms with Gasteiger partial charge in [0.1, 0.15) is 11.3 Å². The van der Waals surface area contributed by atoms with Crippen molar-refractivity contribution in [1.82, 2.24) is 24.0 Å². The summed E-state index contributed by atoms with van der Waals surface area (Å²) in [6.07, 6.45) is 0. The van der Waals surface area contributed by atoms with Crippen molar-refractivity contribution >= 4 is 11.2 Å². The van der Waals surface area contributed by atoms with Gasteiger partial charge in [0.2, 0.25) is 0 Å². The van der Waals surface area contributed by atoms with E-state index in [0.29, 0.717) is 36.6 Å². The van der Waals surface area contributed by atoms with Gasteiger partial charge < -0.3 is 9.88 Å². The van der Waals surface area contributed by atoms with Crippen LogP contribution >= 0.6 is 0 Å². The van der Waals surface area contributed by atoms with Crippen LogP contribution in [0.25, 0.3) is 11.2 Å². The molecule has 0 amide bonds. The molecule has 1 N–H and O–H groups in total. The standard InChI is InChI=1S/C12H19N5O2/c1-5-16-11(18)9-10(14-8(2)13-9)17(12(16)19)7-6-15(3)4/h5-7H2,1-4H3,(H,13,14). The first kappa shape index (κ1) is 13.5. The zero-order valence-corrected chi connectivity index (χ0v) is 11.7. The topological polar surface area (TPSA) is 75.9 Å². The van der Waals surface area contributed by atoms with Crippen LogP contribution in [0.2, 0.25) is 0 Å². The molecule has 0 bridgehead atoms. The quantitative estimate of drug-likeness (QED) is 0.829. The fraction of sp³-hybridized carbons (Fsp3) is 0.583. The smallest absolute Gasteiger partial charge is 0.332 e. The van der Waals surface area contributed by atoms with E-state index < -0.39 is 0 Å². The van der Waals surface area contributed by atoms with Crippen LogP contribution in [0.3, 0.4) is 0 Å². The summed E-state index contributed by atoms with van der Waals surface area (Å²) in [6, 6.07) is 0. The van der Waals surface area contributed by atoms with Gasteiger partial charge in [0.25, 0.3) is 5.56 Å². The number of rotatable bonds is 4. The van der Waals surface area contributed by atoms with Gasteiger partial charge in [-0.25, -0.2) is 9.78 Å². The summed E-state index contributed by atoms with van der Waals surface area (Å²) in [6.45, 7) is 5.13. The number of aromatic nitrogens is 4. The largest absolute Gasteiger partial charge is 0.336 e. The Kier molecular flexibility index (Phi) is 3.57. The van der Waals surface area contributed by atoms with E-state index in [4.69, 9.17) is 0 Å². The second kappa shape index (κ2) is 5.00. The molecule has 0 unspecified atom stereocenters. The van der Waals surface area contributed by atoms with Crippen molar-refractivity contribution in [1.29, 1.82) is 0 Å². The van der Waals surface area contributed by atoms with E-state index in [1.54, 1.807) is 18.4 Å². The van der Waals surface area contributed by atoms with Gasteiger partial charge in [0.15, 0.2) is 5.65 Å². The van der Waals surface area contributed by atoms with E-state index in [2.05, 4.69) is 9.97 Å². The highest BCUT2D eigenvalue weighted by Crippen LogP contribution is 2.04. The minimum atomic E-state index is -0.302. The lowest BCUT2D eigenvalue weighted by molar-refractivity contribution is 0.379. The van der Waals surface area contributed by atoms with Crippen molar-refractivity contribution in [2.24, 2.45) is 0 Å². The van der Waals surface area contributed by atoms with Crippen LogP contribution in [0, 0.1) is 6.92 Å². The molecule has 0 saturated heterocycles. The van der Waals surface area contributed by atoms with Crippen LogP contribution in [-0.2, 0) is 13.1 Å². The molecule has 0 fully saturated rings. The predicted octanol–water partition coefficient (Wildman–Crippen LogP) is -0.224. The first-order valence-corrected chi connectivity index (χ1v) is 6.30. The second-order valence-corrected chi connectivity index (χ2v) is 4.81. The van der Waals surface area contributed by atoms with E-state index in [0.717, 1.165) is 0 Å². The van der Waals surface area contributed by atoms with Crippen molar-refractivity contribution in [2.45, 2.75) is 26.9 Å². The van der Waals surface area contributed by atoms with Crippen molar-refractivity contribution < 1.29 is 0 Å². The molecule has 0 spiro atoms. The lowest BCUT2D eigenvalue weighted by Crippen LogP contribution is -2.41. The lowest BCUT2D eigenvalue weighted by atomic mass is 10.4. The number of hydrogen-bond acceptors (Lipinski definition) is 4. The Balaban J connectivity index is 2.72. The Hall–Kier alpha value is -1.89. The highest BCUT2D eigenvalue weighted by atomic mass is 16.2. The molecule has 2 heterocycles. The Morgan fingerprint density at radius 2 is 1.95 bits per heavy atom. The summed E-state index contributed by atoms with van der Waals surface area (Å²) in [5.74, 6) is 0.638. The number of hydrogen-bond donors (Lipinski definition) is 1. The van der Waals surface area contributed by atoms with Gasteiger partial charge in [0.05, 0.1) is 0 Å². The first-order chi connectivity index (χ1) is 8.95. The van der Waals surface area contributed by atoms with Gasteiger partial charge in [-0.1, -0.05) is 0 Å². The molecule has 0 aliphatic heterocycles. The first-order valence-electron chi connectivity index (χ1n) is 6.30. The van der Waals surface area contributed by atoms with Crippen molar-refractivity contribution in [3.05, 3.63) is 26.7 Å². The zero-order valence-electron chi connectivity index (χ0n) is 11.7. The molecule has 2 aromatic heterocycles. The maximum atomic E-state index is 12.3. The van der Waals surface area contributed by atoms with Crippen molar-refractivity contribution in [3.8, 4) is 0 Å². The summed E-state index contributed by atoms with van der Waals surface area (Å²) in [5.41, 5.74) is 0.245. The third kappa shape index (κ3) is 2.33. The number of fused-ring (bicyclic) bond motifs is 1. The third-order valence-corrected chi connectivity index (χ3v) is 3.07. The maximum absolute atomic E-state index is 12.3. The molecule has 0 aromatic carbocycles. The molecule has 19 heavy (non-hydrogen) atoms. The summed E-state index contributed by atoms with van der Waals surface area (Å²) in [4.78, 5) is 33.6. The van der Waals surface area contributed by atoms with Crippen LogP contribution in [0.1, 0.15) is 12.7 Å². The van der Waals surface area contributed by atoms with Crippen LogP contribution in [-0.4, -0.2) is 44.6 Å². The molecule has 0 aliphatic rings. The Morgan fingerprint density at radius 1 is 1.26 bits per heavy atom. The Bertz CT molecular complexity index is 707. The average molecular weight is 265 g/mol. The number of imidazole rings is 1. The lowest BCUT2D eigenvalue weighted by Gasteiger charge is -2.13. The number of H-pyrrole nitrogens is 1. The van der Waals surface area contributed by atoms with Gasteiger partial charge in [-0.05, 0) is 27.9 Å². The fourth-order valence-corrected chi connectivity index (χ4v) is 2.06. The second-order valence-electron chi connectivity index (χ2n) is 4.81. The predicted molar refractivity (Wildman–Crippen MR) is 73.6 cm³/mol. The minimum Gasteiger partial charge on any atom is -0.336 e. The molecule has 2 rings (SSSR count). The van der Waals surface area contributed by atoms with Gasteiger partial charge >= 0.3 is 5.69 Å². The fourth-order valence-electron chi connectivity index (χ4n) is 2.06. The van der Waals surface area contributed by atoms with Gasteiger partial charge in [-0.2, -0.15) is 0 Å². The number of aryl methyl sites for hydroxylation is 1. The molecular weight excluding hydrogens is 246 g/mol. The molecule has 0 saturated carbocycles. The van der Waals surface area contributed by atoms with E-state index in [1.807, 2.05) is 19.0 Å². The summed E-state index contributed by atoms with van der Waals surface area (Å²) in [7, 11) is 3.88. The Morgan fingerprint density at radius 3 is 2.53 bits per heavy atom. The minimum absolute atomic E-state index is 0.298. The monoisotopic (exact) mass is 265 g/mol. The summed E-state index contributed by atoms with van der Waals surface area (Å²) >= 11 is 0. The van der Waals surface area contributed by atoms with Gasteiger partial charge in [-0.3, -0.25) is 13.9 Å². The normalized spacial score (nSPS) is 11.6. The average Bonchev–Trinajstić information content (AvgIpc) is 2.71. The van der Waals surface area contributed by atoms with Crippen molar-refractivity contribution in [2.75, 3.05) is 20.6 Å². The van der Waals surface area contributed by atoms with E-state index in [1.165, 1.54) is 4.57 Å². The van der Waals surface area contributed by atoms with Crippen LogP contribution in [0.5, 0.6) is 0 Å². The van der Waals surface area contributed by atoms with Crippen LogP contribution in [0.15, 0.2) is 9.59 Å². The van der Waals surface area contributed by atoms with Crippen LogP contribution < -0.4 is 11.2 Å². The molecular formula is C12H19N5O2. The maximum Gasteiger partial charge on any atom is 0.332 e. The van der Waals surface area contributed by atoms with E-state index >= 15 is 0 Å². The molecule has 0 aliphatic carbocycles.